The number of aryl methyl sites for hydroxylation is 1. The summed E-state index contributed by atoms with van der Waals surface area (Å²) < 4.78 is 11.6. The van der Waals surface area contributed by atoms with E-state index in [1.54, 1.807) is 0 Å². The van der Waals surface area contributed by atoms with Gasteiger partial charge in [0.05, 0.1) is 11.6 Å². The van der Waals surface area contributed by atoms with Crippen LogP contribution in [0.3, 0.4) is 0 Å². The highest BCUT2D eigenvalue weighted by Gasteiger charge is 2.22. The molecule has 0 aromatic heterocycles. The zero-order chi connectivity index (χ0) is 14.8. The molecule has 1 atom stereocenters. The fraction of sp³-hybridized carbons (Fsp3) is 0.294. The molecule has 0 spiro atoms. The molecule has 21 heavy (non-hydrogen) atoms. The fourth-order valence-electron chi connectivity index (χ4n) is 2.46. The van der Waals surface area contributed by atoms with Crippen molar-refractivity contribution in [1.29, 1.82) is 0 Å². The summed E-state index contributed by atoms with van der Waals surface area (Å²) in [5.41, 5.74) is 2.32. The lowest BCUT2D eigenvalue weighted by Crippen LogP contribution is -2.15. The summed E-state index contributed by atoms with van der Waals surface area (Å²) in [4.78, 5) is 0. The normalized spacial score (nSPS) is 17.0. The largest absolute Gasteiger partial charge is 0.493 e. The monoisotopic (exact) mass is 320 g/mol. The number of benzene rings is 2. The molecule has 0 N–H and O–H groups in total. The van der Waals surface area contributed by atoms with Crippen LogP contribution in [0.15, 0.2) is 36.4 Å². The standard InChI is InChI=1S/C17H17ClO2S/c1-11-2-4-13(5-3-11)20-17-9-16-14(8-15(17)18)12(10-21)6-7-19-16/h2-5,8-9,12,21H,6-7,10H2,1H3. The first-order valence-electron chi connectivity index (χ1n) is 6.99. The van der Waals surface area contributed by atoms with E-state index >= 15 is 0 Å². The van der Waals surface area contributed by atoms with Crippen molar-refractivity contribution in [1.82, 2.24) is 0 Å². The molecule has 1 aliphatic rings. The van der Waals surface area contributed by atoms with E-state index in [1.807, 2.05) is 43.3 Å². The van der Waals surface area contributed by atoms with Crippen molar-refractivity contribution in [2.45, 2.75) is 19.3 Å². The second kappa shape index (κ2) is 6.20. The van der Waals surface area contributed by atoms with Gasteiger partial charge in [-0.05, 0) is 48.8 Å². The van der Waals surface area contributed by atoms with E-state index in [4.69, 9.17) is 21.1 Å². The first kappa shape index (κ1) is 14.6. The van der Waals surface area contributed by atoms with Gasteiger partial charge in [0.25, 0.3) is 0 Å². The number of halogens is 1. The van der Waals surface area contributed by atoms with Gasteiger partial charge in [0.1, 0.15) is 17.2 Å². The number of hydrogen-bond donors (Lipinski definition) is 1. The van der Waals surface area contributed by atoms with Gasteiger partial charge in [-0.25, -0.2) is 0 Å². The van der Waals surface area contributed by atoms with E-state index in [-0.39, 0.29) is 0 Å². The molecule has 0 radical (unpaired) electrons. The van der Waals surface area contributed by atoms with Crippen LogP contribution in [-0.4, -0.2) is 12.4 Å². The molecule has 0 saturated carbocycles. The zero-order valence-electron chi connectivity index (χ0n) is 11.8. The molecule has 0 bridgehead atoms. The lowest BCUT2D eigenvalue weighted by Gasteiger charge is -2.25. The van der Waals surface area contributed by atoms with E-state index < -0.39 is 0 Å². The Hall–Kier alpha value is -1.32. The summed E-state index contributed by atoms with van der Waals surface area (Å²) >= 11 is 10.8. The minimum Gasteiger partial charge on any atom is -0.493 e. The summed E-state index contributed by atoms with van der Waals surface area (Å²) in [5.74, 6) is 3.43. The lowest BCUT2D eigenvalue weighted by molar-refractivity contribution is 0.272. The third kappa shape index (κ3) is 3.14. The summed E-state index contributed by atoms with van der Waals surface area (Å²) in [5, 5.41) is 0.603. The molecule has 2 aromatic carbocycles. The molecule has 110 valence electrons. The third-order valence-corrected chi connectivity index (χ3v) is 4.43. The molecular weight excluding hydrogens is 304 g/mol. The van der Waals surface area contributed by atoms with Crippen LogP contribution in [0.2, 0.25) is 5.02 Å². The van der Waals surface area contributed by atoms with Crippen molar-refractivity contribution in [3.05, 3.63) is 52.5 Å². The van der Waals surface area contributed by atoms with E-state index in [0.29, 0.717) is 23.3 Å². The molecule has 0 saturated heterocycles. The Morgan fingerprint density at radius 3 is 2.76 bits per heavy atom. The topological polar surface area (TPSA) is 18.5 Å². The molecule has 0 amide bonds. The van der Waals surface area contributed by atoms with Crippen LogP contribution in [0.5, 0.6) is 17.2 Å². The van der Waals surface area contributed by atoms with Crippen LogP contribution in [0.1, 0.15) is 23.5 Å². The van der Waals surface area contributed by atoms with Gasteiger partial charge < -0.3 is 9.47 Å². The molecule has 1 heterocycles. The van der Waals surface area contributed by atoms with E-state index in [2.05, 4.69) is 12.6 Å². The fourth-order valence-corrected chi connectivity index (χ4v) is 3.05. The Morgan fingerprint density at radius 2 is 2.05 bits per heavy atom. The third-order valence-electron chi connectivity index (χ3n) is 3.70. The SMILES string of the molecule is Cc1ccc(Oc2cc3c(cc2Cl)C(CS)CCO3)cc1. The lowest BCUT2D eigenvalue weighted by atomic mass is 9.95. The van der Waals surface area contributed by atoms with Crippen LogP contribution in [0.4, 0.5) is 0 Å². The summed E-state index contributed by atoms with van der Waals surface area (Å²) in [7, 11) is 0. The van der Waals surface area contributed by atoms with Gasteiger partial charge in [0.2, 0.25) is 0 Å². The highest BCUT2D eigenvalue weighted by atomic mass is 35.5. The number of ether oxygens (including phenoxy) is 2. The summed E-state index contributed by atoms with van der Waals surface area (Å²) in [6.45, 7) is 2.75. The van der Waals surface area contributed by atoms with E-state index in [1.165, 1.54) is 5.56 Å². The Bertz CT molecular complexity index is 640. The molecule has 3 rings (SSSR count). The van der Waals surface area contributed by atoms with Gasteiger partial charge >= 0.3 is 0 Å². The molecule has 1 unspecified atom stereocenters. The Labute approximate surface area is 135 Å². The van der Waals surface area contributed by atoms with Crippen LogP contribution in [0.25, 0.3) is 0 Å². The molecule has 1 aliphatic heterocycles. The Balaban J connectivity index is 1.91. The van der Waals surface area contributed by atoms with Crippen LogP contribution >= 0.6 is 24.2 Å². The van der Waals surface area contributed by atoms with Gasteiger partial charge in [0, 0.05) is 6.07 Å². The molecule has 4 heteroatoms. The smallest absolute Gasteiger partial charge is 0.149 e. The number of thiol groups is 1. The molecule has 2 aromatic rings. The number of hydrogen-bond acceptors (Lipinski definition) is 3. The predicted octanol–water partition coefficient (Wildman–Crippen LogP) is 5.24. The average Bonchev–Trinajstić information content (AvgIpc) is 2.50. The quantitative estimate of drug-likeness (QED) is 0.780. The van der Waals surface area contributed by atoms with Crippen LogP contribution in [0, 0.1) is 6.92 Å². The summed E-state index contributed by atoms with van der Waals surface area (Å²) in [6, 6.07) is 11.7. The van der Waals surface area contributed by atoms with Crippen molar-refractivity contribution in [2.75, 3.05) is 12.4 Å². The van der Waals surface area contributed by atoms with Gasteiger partial charge in [0.15, 0.2) is 0 Å². The van der Waals surface area contributed by atoms with Gasteiger partial charge in [-0.1, -0.05) is 29.3 Å². The number of fused-ring (bicyclic) bond motifs is 1. The predicted molar refractivity (Wildman–Crippen MR) is 89.4 cm³/mol. The minimum atomic E-state index is 0.392. The van der Waals surface area contributed by atoms with Gasteiger partial charge in [-0.15, -0.1) is 0 Å². The van der Waals surface area contributed by atoms with E-state index in [9.17, 15) is 0 Å². The highest BCUT2D eigenvalue weighted by molar-refractivity contribution is 7.80. The first-order chi connectivity index (χ1) is 10.2. The van der Waals surface area contributed by atoms with Crippen molar-refractivity contribution in [3.8, 4) is 17.2 Å². The van der Waals surface area contributed by atoms with Gasteiger partial charge in [-0.2, -0.15) is 12.6 Å². The molecule has 0 fully saturated rings. The number of rotatable bonds is 3. The first-order valence-corrected chi connectivity index (χ1v) is 8.00. The van der Waals surface area contributed by atoms with E-state index in [0.717, 1.165) is 29.2 Å². The second-order valence-electron chi connectivity index (χ2n) is 5.25. The Morgan fingerprint density at radius 1 is 1.29 bits per heavy atom. The van der Waals surface area contributed by atoms with Crippen molar-refractivity contribution in [3.63, 3.8) is 0 Å². The zero-order valence-corrected chi connectivity index (χ0v) is 13.5. The minimum absolute atomic E-state index is 0.392. The molecular formula is C17H17ClO2S. The van der Waals surface area contributed by atoms with Crippen molar-refractivity contribution in [2.24, 2.45) is 0 Å². The van der Waals surface area contributed by atoms with Crippen molar-refractivity contribution < 1.29 is 9.47 Å². The van der Waals surface area contributed by atoms with Crippen LogP contribution in [-0.2, 0) is 0 Å². The average molecular weight is 321 g/mol. The highest BCUT2D eigenvalue weighted by Crippen LogP contribution is 2.41. The summed E-state index contributed by atoms with van der Waals surface area (Å²) in [6.07, 6.45) is 0.977. The Kier molecular flexibility index (Phi) is 4.32. The molecule has 0 aliphatic carbocycles. The maximum Gasteiger partial charge on any atom is 0.149 e. The van der Waals surface area contributed by atoms with Crippen molar-refractivity contribution >= 4 is 24.2 Å². The molecule has 2 nitrogen and oxygen atoms in total. The van der Waals surface area contributed by atoms with Gasteiger partial charge in [-0.3, -0.25) is 0 Å². The van der Waals surface area contributed by atoms with Crippen LogP contribution < -0.4 is 9.47 Å². The maximum atomic E-state index is 6.36. The maximum absolute atomic E-state index is 6.36. The second-order valence-corrected chi connectivity index (χ2v) is 6.02.